The van der Waals surface area contributed by atoms with Gasteiger partial charge in [-0.05, 0) is 40.0 Å². The molecule has 1 unspecified atom stereocenters. The molecule has 1 aromatic heterocycles. The number of anilines is 1. The van der Waals surface area contributed by atoms with Crippen LogP contribution in [0.3, 0.4) is 0 Å². The van der Waals surface area contributed by atoms with E-state index in [0.29, 0.717) is 11.8 Å². The highest BCUT2D eigenvalue weighted by Crippen LogP contribution is 2.16. The van der Waals surface area contributed by atoms with E-state index >= 15 is 0 Å². The van der Waals surface area contributed by atoms with Gasteiger partial charge in [0.15, 0.2) is 0 Å². The van der Waals surface area contributed by atoms with Gasteiger partial charge in [0.1, 0.15) is 0 Å². The lowest BCUT2D eigenvalue weighted by molar-refractivity contribution is 0.0246. The van der Waals surface area contributed by atoms with Crippen LogP contribution in [-0.2, 0) is 4.74 Å². The van der Waals surface area contributed by atoms with Gasteiger partial charge in [-0.25, -0.2) is 4.98 Å². The second kappa shape index (κ2) is 6.70. The molecule has 1 aliphatic rings. The minimum absolute atomic E-state index is 0.115. The molecule has 0 bridgehead atoms. The normalized spacial score (nSPS) is 19.5. The number of hydrogen-bond donors (Lipinski definition) is 1. The minimum Gasteiger partial charge on any atom is -0.475 e. The van der Waals surface area contributed by atoms with Crippen LogP contribution in [0.2, 0.25) is 0 Å². The fraction of sp³-hybridized carbons (Fsp3) is 0.714. The lowest BCUT2D eigenvalue weighted by Crippen LogP contribution is -2.27. The molecule has 1 N–H and O–H groups in total. The molecule has 0 radical (unpaired) electrons. The number of nitrogens with one attached hydrogen (secondary N) is 1. The van der Waals surface area contributed by atoms with Crippen molar-refractivity contribution in [2.24, 2.45) is 0 Å². The molecule has 19 heavy (non-hydrogen) atoms. The molecule has 1 fully saturated rings. The lowest BCUT2D eigenvalue weighted by Gasteiger charge is -2.22. The van der Waals surface area contributed by atoms with Crippen molar-refractivity contribution in [3.05, 3.63) is 11.8 Å². The summed E-state index contributed by atoms with van der Waals surface area (Å²) in [5.74, 6) is 1.24. The standard InChI is InChI=1S/C14H23N3O2/c1-10(2)19-13-8-11(3)16-14(17-13)15-9-12-6-4-5-7-18-12/h8,10,12H,4-7,9H2,1-3H3,(H,15,16,17). The first-order valence-electron chi connectivity index (χ1n) is 7.01. The van der Waals surface area contributed by atoms with Crippen molar-refractivity contribution >= 4 is 5.95 Å². The van der Waals surface area contributed by atoms with Crippen LogP contribution in [0.5, 0.6) is 5.88 Å². The number of rotatable bonds is 5. The second-order valence-electron chi connectivity index (χ2n) is 5.21. The summed E-state index contributed by atoms with van der Waals surface area (Å²) in [5, 5.41) is 3.24. The van der Waals surface area contributed by atoms with E-state index < -0.39 is 0 Å². The van der Waals surface area contributed by atoms with Crippen LogP contribution < -0.4 is 10.1 Å². The van der Waals surface area contributed by atoms with Crippen molar-refractivity contribution in [3.63, 3.8) is 0 Å². The zero-order chi connectivity index (χ0) is 13.7. The number of nitrogens with zero attached hydrogens (tertiary/aromatic N) is 2. The first-order valence-corrected chi connectivity index (χ1v) is 7.01. The third-order valence-electron chi connectivity index (χ3n) is 2.95. The summed E-state index contributed by atoms with van der Waals surface area (Å²) < 4.78 is 11.3. The molecule has 0 amide bonds. The van der Waals surface area contributed by atoms with Crippen LogP contribution in [0.15, 0.2) is 6.07 Å². The Morgan fingerprint density at radius 3 is 2.95 bits per heavy atom. The van der Waals surface area contributed by atoms with Crippen molar-refractivity contribution in [2.45, 2.75) is 52.2 Å². The summed E-state index contributed by atoms with van der Waals surface area (Å²) in [6.45, 7) is 7.53. The van der Waals surface area contributed by atoms with E-state index in [2.05, 4.69) is 15.3 Å². The molecule has 1 aliphatic heterocycles. The van der Waals surface area contributed by atoms with Gasteiger partial charge in [0.2, 0.25) is 11.8 Å². The van der Waals surface area contributed by atoms with Gasteiger partial charge in [-0.1, -0.05) is 0 Å². The van der Waals surface area contributed by atoms with Crippen molar-refractivity contribution in [1.29, 1.82) is 0 Å². The summed E-state index contributed by atoms with van der Waals surface area (Å²) in [6, 6.07) is 1.85. The fourth-order valence-corrected chi connectivity index (χ4v) is 2.09. The number of ether oxygens (including phenoxy) is 2. The first kappa shape index (κ1) is 14.1. The van der Waals surface area contributed by atoms with Gasteiger partial charge >= 0.3 is 0 Å². The summed E-state index contributed by atoms with van der Waals surface area (Å²) in [4.78, 5) is 8.73. The average molecular weight is 265 g/mol. The molecule has 5 nitrogen and oxygen atoms in total. The van der Waals surface area contributed by atoms with E-state index in [-0.39, 0.29) is 12.2 Å². The Kier molecular flexibility index (Phi) is 4.96. The molecule has 1 saturated heterocycles. The summed E-state index contributed by atoms with van der Waals surface area (Å²) in [6.07, 6.45) is 3.90. The predicted molar refractivity (Wildman–Crippen MR) is 74.6 cm³/mol. The van der Waals surface area contributed by atoms with Crippen LogP contribution in [0.1, 0.15) is 38.8 Å². The molecule has 0 saturated carbocycles. The van der Waals surface area contributed by atoms with Crippen LogP contribution >= 0.6 is 0 Å². The highest BCUT2D eigenvalue weighted by atomic mass is 16.5. The van der Waals surface area contributed by atoms with E-state index in [0.717, 1.165) is 25.3 Å². The maximum Gasteiger partial charge on any atom is 0.226 e. The van der Waals surface area contributed by atoms with Gasteiger partial charge in [-0.3, -0.25) is 0 Å². The Morgan fingerprint density at radius 1 is 1.42 bits per heavy atom. The molecule has 1 aromatic rings. The molecule has 106 valence electrons. The van der Waals surface area contributed by atoms with Crippen LogP contribution in [0.25, 0.3) is 0 Å². The third kappa shape index (κ3) is 4.67. The molecular weight excluding hydrogens is 242 g/mol. The van der Waals surface area contributed by atoms with Gasteiger partial charge in [0, 0.05) is 24.9 Å². The zero-order valence-electron chi connectivity index (χ0n) is 12.0. The van der Waals surface area contributed by atoms with Crippen LogP contribution in [-0.4, -0.2) is 35.3 Å². The van der Waals surface area contributed by atoms with Crippen molar-refractivity contribution in [1.82, 2.24) is 9.97 Å². The Labute approximate surface area is 114 Å². The van der Waals surface area contributed by atoms with Crippen LogP contribution in [0, 0.1) is 6.92 Å². The van der Waals surface area contributed by atoms with Gasteiger partial charge in [-0.15, -0.1) is 0 Å². The molecule has 2 rings (SSSR count). The van der Waals surface area contributed by atoms with E-state index in [1.54, 1.807) is 0 Å². The molecule has 5 heteroatoms. The monoisotopic (exact) mass is 265 g/mol. The minimum atomic E-state index is 0.115. The Balaban J connectivity index is 1.93. The Bertz CT molecular complexity index is 404. The van der Waals surface area contributed by atoms with Crippen molar-refractivity contribution in [3.8, 4) is 5.88 Å². The van der Waals surface area contributed by atoms with Crippen molar-refractivity contribution < 1.29 is 9.47 Å². The van der Waals surface area contributed by atoms with Gasteiger partial charge in [0.05, 0.1) is 12.2 Å². The quantitative estimate of drug-likeness (QED) is 0.886. The Morgan fingerprint density at radius 2 is 2.26 bits per heavy atom. The average Bonchev–Trinajstić information content (AvgIpc) is 2.36. The first-order chi connectivity index (χ1) is 9.13. The highest BCUT2D eigenvalue weighted by molar-refractivity contribution is 5.30. The third-order valence-corrected chi connectivity index (χ3v) is 2.95. The number of aryl methyl sites for hydroxylation is 1. The summed E-state index contributed by atoms with van der Waals surface area (Å²) in [7, 11) is 0. The smallest absolute Gasteiger partial charge is 0.226 e. The number of hydrogen-bond acceptors (Lipinski definition) is 5. The SMILES string of the molecule is Cc1cc(OC(C)C)nc(NCC2CCCCO2)n1. The van der Waals surface area contributed by atoms with Gasteiger partial charge in [-0.2, -0.15) is 4.98 Å². The lowest BCUT2D eigenvalue weighted by atomic mass is 10.1. The molecular formula is C14H23N3O2. The Hall–Kier alpha value is -1.36. The van der Waals surface area contributed by atoms with Gasteiger partial charge in [0.25, 0.3) is 0 Å². The highest BCUT2D eigenvalue weighted by Gasteiger charge is 2.14. The molecule has 1 atom stereocenters. The van der Waals surface area contributed by atoms with E-state index in [9.17, 15) is 0 Å². The molecule has 2 heterocycles. The molecule has 0 spiro atoms. The van der Waals surface area contributed by atoms with E-state index in [1.165, 1.54) is 12.8 Å². The maximum atomic E-state index is 5.68. The summed E-state index contributed by atoms with van der Waals surface area (Å²) in [5.41, 5.74) is 0.901. The second-order valence-corrected chi connectivity index (χ2v) is 5.21. The number of aromatic nitrogens is 2. The fourth-order valence-electron chi connectivity index (χ4n) is 2.09. The molecule has 0 aliphatic carbocycles. The zero-order valence-corrected chi connectivity index (χ0v) is 12.0. The summed E-state index contributed by atoms with van der Waals surface area (Å²) >= 11 is 0. The van der Waals surface area contributed by atoms with E-state index in [4.69, 9.17) is 9.47 Å². The largest absolute Gasteiger partial charge is 0.475 e. The topological polar surface area (TPSA) is 56.3 Å². The van der Waals surface area contributed by atoms with Gasteiger partial charge < -0.3 is 14.8 Å². The van der Waals surface area contributed by atoms with Crippen LogP contribution in [0.4, 0.5) is 5.95 Å². The maximum absolute atomic E-state index is 5.68. The van der Waals surface area contributed by atoms with E-state index in [1.807, 2.05) is 26.8 Å². The predicted octanol–water partition coefficient (Wildman–Crippen LogP) is 2.55. The van der Waals surface area contributed by atoms with Crippen molar-refractivity contribution in [2.75, 3.05) is 18.5 Å². The molecule has 0 aromatic carbocycles.